The fourth-order valence-corrected chi connectivity index (χ4v) is 3.21. The molecule has 0 saturated heterocycles. The lowest BCUT2D eigenvalue weighted by Crippen LogP contribution is -2.11. The van der Waals surface area contributed by atoms with Crippen LogP contribution in [0, 0.1) is 0 Å². The first-order valence-corrected chi connectivity index (χ1v) is 10.9. The molecule has 0 spiro atoms. The summed E-state index contributed by atoms with van der Waals surface area (Å²) in [7, 11) is -3.57. The van der Waals surface area contributed by atoms with Crippen molar-refractivity contribution in [2.24, 2.45) is 0 Å². The lowest BCUT2D eigenvalue weighted by atomic mass is 10.3. The smallest absolute Gasteiger partial charge is 0.222 e. The van der Waals surface area contributed by atoms with Crippen LogP contribution in [0.1, 0.15) is 20.8 Å². The van der Waals surface area contributed by atoms with Gasteiger partial charge < -0.3 is 19.9 Å². The Morgan fingerprint density at radius 3 is 2.57 bits per heavy atom. The molecule has 3 heterocycles. The van der Waals surface area contributed by atoms with Crippen LogP contribution in [0.4, 0.5) is 17.3 Å². The first-order valence-electron chi connectivity index (χ1n) is 9.03. The Hall–Kier alpha value is -3.47. The number of aromatic nitrogens is 4. The molecule has 0 aliphatic rings. The lowest BCUT2D eigenvalue weighted by Gasteiger charge is -2.16. The van der Waals surface area contributed by atoms with Gasteiger partial charge in [0.2, 0.25) is 5.91 Å². The quantitative estimate of drug-likeness (QED) is 0.585. The van der Waals surface area contributed by atoms with Crippen molar-refractivity contribution in [1.29, 1.82) is 0 Å². The minimum atomic E-state index is -3.57. The summed E-state index contributed by atoms with van der Waals surface area (Å²) in [6.45, 7) is 5.06. The van der Waals surface area contributed by atoms with E-state index in [0.29, 0.717) is 22.9 Å². The molecule has 0 radical (unpaired) electrons. The van der Waals surface area contributed by atoms with Gasteiger partial charge in [-0.25, -0.2) is 23.4 Å². The highest BCUT2D eigenvalue weighted by Gasteiger charge is 2.16. The van der Waals surface area contributed by atoms with Gasteiger partial charge in [-0.1, -0.05) is 0 Å². The third-order valence-electron chi connectivity index (χ3n) is 3.76. The van der Waals surface area contributed by atoms with E-state index in [9.17, 15) is 13.2 Å². The molecule has 3 aromatic rings. The van der Waals surface area contributed by atoms with Gasteiger partial charge in [-0.2, -0.15) is 0 Å². The molecule has 30 heavy (non-hydrogen) atoms. The molecule has 0 aromatic carbocycles. The van der Waals surface area contributed by atoms with Crippen LogP contribution in [0.25, 0.3) is 5.69 Å². The summed E-state index contributed by atoms with van der Waals surface area (Å²) in [6, 6.07) is 4.60. The van der Waals surface area contributed by atoms with Gasteiger partial charge in [0.05, 0.1) is 30.0 Å². The second kappa shape index (κ2) is 8.49. The van der Waals surface area contributed by atoms with Gasteiger partial charge in [-0.05, 0) is 13.8 Å². The molecule has 0 saturated carbocycles. The number of imidazole rings is 1. The number of rotatable bonds is 7. The van der Waals surface area contributed by atoms with E-state index in [1.807, 2.05) is 13.8 Å². The van der Waals surface area contributed by atoms with E-state index >= 15 is 0 Å². The zero-order chi connectivity index (χ0) is 21.9. The van der Waals surface area contributed by atoms with Crippen LogP contribution < -0.4 is 15.4 Å². The van der Waals surface area contributed by atoms with E-state index in [4.69, 9.17) is 4.74 Å². The van der Waals surface area contributed by atoms with Gasteiger partial charge in [0.1, 0.15) is 17.4 Å². The second-order valence-electron chi connectivity index (χ2n) is 6.83. The van der Waals surface area contributed by atoms with Gasteiger partial charge in [-0.3, -0.25) is 4.79 Å². The predicted octanol–water partition coefficient (Wildman–Crippen LogP) is 2.56. The molecule has 1 amide bonds. The van der Waals surface area contributed by atoms with Crippen molar-refractivity contribution in [3.05, 3.63) is 43.1 Å². The molecular formula is C19H22N6O4S. The number of sulfone groups is 1. The third-order valence-corrected chi connectivity index (χ3v) is 4.73. The standard InChI is InChI=1S/C19H22N6O4S/c1-12(2)29-14-7-18(24-19(8-14)30(4,27)28)23-15-9-17(22-13(3)26)21-10-16(15)25-6-5-20-11-25/h5-12H,1-4H3,(H2,21,22,23,24,26). The van der Waals surface area contributed by atoms with Gasteiger partial charge >= 0.3 is 0 Å². The molecule has 3 aromatic heterocycles. The van der Waals surface area contributed by atoms with Crippen LogP contribution in [0.15, 0.2) is 48.1 Å². The minimum Gasteiger partial charge on any atom is -0.491 e. The first-order chi connectivity index (χ1) is 14.1. The van der Waals surface area contributed by atoms with Crippen LogP contribution in [-0.2, 0) is 14.6 Å². The molecule has 158 valence electrons. The van der Waals surface area contributed by atoms with E-state index in [2.05, 4.69) is 25.6 Å². The van der Waals surface area contributed by atoms with E-state index in [1.54, 1.807) is 41.6 Å². The fraction of sp³-hybridized carbons (Fsp3) is 0.263. The average molecular weight is 430 g/mol. The summed E-state index contributed by atoms with van der Waals surface area (Å²) in [4.78, 5) is 23.9. The summed E-state index contributed by atoms with van der Waals surface area (Å²) in [5.74, 6) is 0.679. The number of hydrogen-bond acceptors (Lipinski definition) is 8. The molecule has 0 fully saturated rings. The highest BCUT2D eigenvalue weighted by atomic mass is 32.2. The van der Waals surface area contributed by atoms with Gasteiger partial charge in [-0.15, -0.1) is 0 Å². The van der Waals surface area contributed by atoms with Crippen LogP contribution in [-0.4, -0.2) is 46.2 Å². The van der Waals surface area contributed by atoms with Crippen LogP contribution in [0.2, 0.25) is 0 Å². The van der Waals surface area contributed by atoms with E-state index in [0.717, 1.165) is 6.26 Å². The molecule has 3 rings (SSSR count). The predicted molar refractivity (Wildman–Crippen MR) is 112 cm³/mol. The van der Waals surface area contributed by atoms with Crippen molar-refractivity contribution in [3.8, 4) is 11.4 Å². The summed E-state index contributed by atoms with van der Waals surface area (Å²) < 4.78 is 31.6. The molecule has 0 atom stereocenters. The summed E-state index contributed by atoms with van der Waals surface area (Å²) >= 11 is 0. The SMILES string of the molecule is CC(=O)Nc1cc(Nc2cc(OC(C)C)cc(S(C)(=O)=O)n2)c(-n2ccnc2)cn1. The number of amides is 1. The number of anilines is 3. The highest BCUT2D eigenvalue weighted by Crippen LogP contribution is 2.28. The Bertz CT molecular complexity index is 1160. The largest absolute Gasteiger partial charge is 0.491 e. The first kappa shape index (κ1) is 21.2. The molecule has 0 bridgehead atoms. The van der Waals surface area contributed by atoms with Crippen molar-refractivity contribution < 1.29 is 17.9 Å². The summed E-state index contributed by atoms with van der Waals surface area (Å²) in [5.41, 5.74) is 1.15. The van der Waals surface area contributed by atoms with Crippen molar-refractivity contribution in [1.82, 2.24) is 19.5 Å². The number of carbonyl (C=O) groups excluding carboxylic acids is 1. The van der Waals surface area contributed by atoms with Crippen molar-refractivity contribution in [2.45, 2.75) is 31.9 Å². The van der Waals surface area contributed by atoms with Gasteiger partial charge in [0.15, 0.2) is 14.9 Å². The van der Waals surface area contributed by atoms with Crippen molar-refractivity contribution in [2.75, 3.05) is 16.9 Å². The Kier molecular flexibility index (Phi) is 6.01. The van der Waals surface area contributed by atoms with E-state index in [-0.39, 0.29) is 22.9 Å². The number of pyridine rings is 2. The maximum absolute atomic E-state index is 12.1. The third kappa shape index (κ3) is 5.32. The molecule has 0 aliphatic carbocycles. The molecule has 0 unspecified atom stereocenters. The Labute approximate surface area is 174 Å². The van der Waals surface area contributed by atoms with Crippen molar-refractivity contribution in [3.63, 3.8) is 0 Å². The van der Waals surface area contributed by atoms with Gasteiger partial charge in [0.25, 0.3) is 0 Å². The normalized spacial score (nSPS) is 11.4. The average Bonchev–Trinajstić information content (AvgIpc) is 3.14. The second-order valence-corrected chi connectivity index (χ2v) is 8.79. The van der Waals surface area contributed by atoms with Crippen LogP contribution in [0.3, 0.4) is 0 Å². The molecule has 10 nitrogen and oxygen atoms in total. The monoisotopic (exact) mass is 430 g/mol. The van der Waals surface area contributed by atoms with E-state index in [1.165, 1.54) is 13.0 Å². The van der Waals surface area contributed by atoms with Crippen molar-refractivity contribution >= 4 is 33.1 Å². The molecule has 0 aliphatic heterocycles. The Morgan fingerprint density at radius 2 is 1.97 bits per heavy atom. The topological polar surface area (TPSA) is 128 Å². The zero-order valence-corrected chi connectivity index (χ0v) is 17.8. The van der Waals surface area contributed by atoms with Gasteiger partial charge in [0, 0.05) is 43.8 Å². The number of nitrogens with one attached hydrogen (secondary N) is 2. The van der Waals surface area contributed by atoms with Crippen LogP contribution >= 0.6 is 0 Å². The maximum Gasteiger partial charge on any atom is 0.222 e. The molecule has 2 N–H and O–H groups in total. The molecular weight excluding hydrogens is 408 g/mol. The maximum atomic E-state index is 12.1. The Balaban J connectivity index is 2.08. The number of nitrogens with zero attached hydrogens (tertiary/aromatic N) is 4. The number of ether oxygens (including phenoxy) is 1. The van der Waals surface area contributed by atoms with E-state index < -0.39 is 9.84 Å². The summed E-state index contributed by atoms with van der Waals surface area (Å²) in [6.07, 6.45) is 7.42. The lowest BCUT2D eigenvalue weighted by molar-refractivity contribution is -0.114. The highest BCUT2D eigenvalue weighted by molar-refractivity contribution is 7.90. The number of hydrogen-bond donors (Lipinski definition) is 2. The Morgan fingerprint density at radius 1 is 1.20 bits per heavy atom. The molecule has 11 heteroatoms. The van der Waals surface area contributed by atoms with Crippen LogP contribution in [0.5, 0.6) is 5.75 Å². The number of carbonyl (C=O) groups is 1. The minimum absolute atomic E-state index is 0.122. The fourth-order valence-electron chi connectivity index (χ4n) is 2.62. The zero-order valence-electron chi connectivity index (χ0n) is 16.9. The summed E-state index contributed by atoms with van der Waals surface area (Å²) in [5, 5.41) is 5.60.